The lowest BCUT2D eigenvalue weighted by molar-refractivity contribution is -0.136. The number of hydrazone groups is 1. The molecule has 3 N–H and O–H groups in total. The number of benzene rings is 3. The number of phenols is 1. The number of carbonyl (C=O) groups is 2. The van der Waals surface area contributed by atoms with E-state index in [9.17, 15) is 14.7 Å². The Hall–Kier alpha value is -3.93. The number of aromatic hydroxyl groups is 1. The summed E-state index contributed by atoms with van der Waals surface area (Å²) < 4.78 is 0. The van der Waals surface area contributed by atoms with Gasteiger partial charge < -0.3 is 10.4 Å². The second-order valence-electron chi connectivity index (χ2n) is 6.03. The molecule has 0 bridgehead atoms. The fraction of sp³-hybridized carbons (Fsp3) is 0.0455. The number of rotatable bonds is 5. The van der Waals surface area contributed by atoms with Crippen LogP contribution >= 0.6 is 0 Å². The van der Waals surface area contributed by atoms with Gasteiger partial charge in [0.1, 0.15) is 5.75 Å². The van der Waals surface area contributed by atoms with Gasteiger partial charge in [0.2, 0.25) is 0 Å². The molecule has 6 nitrogen and oxygen atoms in total. The Bertz CT molecular complexity index is 1070. The van der Waals surface area contributed by atoms with Crippen LogP contribution in [-0.4, -0.2) is 23.1 Å². The third-order valence-electron chi connectivity index (χ3n) is 4.13. The molecular formula is C22H19N3O3. The van der Waals surface area contributed by atoms with Crippen molar-refractivity contribution in [2.45, 2.75) is 6.42 Å². The molecule has 28 heavy (non-hydrogen) atoms. The van der Waals surface area contributed by atoms with E-state index in [0.717, 1.165) is 10.8 Å². The number of nitrogens with one attached hydrogen (secondary N) is 2. The molecule has 0 heterocycles. The number of amides is 2. The van der Waals surface area contributed by atoms with E-state index < -0.39 is 11.8 Å². The van der Waals surface area contributed by atoms with Crippen LogP contribution in [-0.2, 0) is 16.0 Å². The molecule has 3 aromatic carbocycles. The number of phenolic OH excluding ortho intramolecular Hbond substituents is 1. The molecule has 0 unspecified atom stereocenters. The zero-order valence-electron chi connectivity index (χ0n) is 15.1. The van der Waals surface area contributed by atoms with Crippen LogP contribution in [0.15, 0.2) is 78.4 Å². The predicted octanol–water partition coefficient (Wildman–Crippen LogP) is 3.36. The van der Waals surface area contributed by atoms with Gasteiger partial charge in [0, 0.05) is 16.6 Å². The average molecular weight is 373 g/mol. The SMILES string of the molecule is C=CCc1cccc(/C=N/NC(=O)C(=O)Nc2cccc3ccccc23)c1O. The molecule has 0 spiro atoms. The number of hydrogen-bond donors (Lipinski definition) is 3. The summed E-state index contributed by atoms with van der Waals surface area (Å²) in [6.45, 7) is 3.64. The Morgan fingerprint density at radius 2 is 1.75 bits per heavy atom. The minimum absolute atomic E-state index is 0.0561. The minimum atomic E-state index is -0.911. The normalized spacial score (nSPS) is 10.7. The summed E-state index contributed by atoms with van der Waals surface area (Å²) in [5, 5.41) is 18.3. The first-order valence-electron chi connectivity index (χ1n) is 8.64. The third-order valence-corrected chi connectivity index (χ3v) is 4.13. The largest absolute Gasteiger partial charge is 0.507 e. The maximum Gasteiger partial charge on any atom is 0.329 e. The van der Waals surface area contributed by atoms with E-state index in [-0.39, 0.29) is 5.75 Å². The minimum Gasteiger partial charge on any atom is -0.507 e. The number of nitrogens with zero attached hydrogens (tertiary/aromatic N) is 1. The lowest BCUT2D eigenvalue weighted by atomic mass is 10.1. The van der Waals surface area contributed by atoms with Crippen LogP contribution in [0.2, 0.25) is 0 Å². The van der Waals surface area contributed by atoms with E-state index in [1.807, 2.05) is 30.3 Å². The van der Waals surface area contributed by atoms with Crippen molar-refractivity contribution in [3.63, 3.8) is 0 Å². The highest BCUT2D eigenvalue weighted by Crippen LogP contribution is 2.23. The van der Waals surface area contributed by atoms with Gasteiger partial charge in [-0.1, -0.05) is 54.6 Å². The van der Waals surface area contributed by atoms with Gasteiger partial charge in [-0.2, -0.15) is 5.10 Å². The van der Waals surface area contributed by atoms with E-state index in [2.05, 4.69) is 22.4 Å². The summed E-state index contributed by atoms with van der Waals surface area (Å²) in [6, 6.07) is 18.1. The Balaban J connectivity index is 1.66. The monoisotopic (exact) mass is 373 g/mol. The summed E-state index contributed by atoms with van der Waals surface area (Å²) in [7, 11) is 0. The van der Waals surface area contributed by atoms with E-state index in [4.69, 9.17) is 0 Å². The molecule has 0 aliphatic heterocycles. The van der Waals surface area contributed by atoms with Gasteiger partial charge in [-0.3, -0.25) is 9.59 Å². The highest BCUT2D eigenvalue weighted by molar-refractivity contribution is 6.40. The summed E-state index contributed by atoms with van der Waals surface area (Å²) in [5.41, 5.74) is 3.82. The van der Waals surface area contributed by atoms with Gasteiger partial charge in [0.15, 0.2) is 0 Å². The van der Waals surface area contributed by atoms with Crippen LogP contribution in [0.1, 0.15) is 11.1 Å². The molecule has 2 amide bonds. The summed E-state index contributed by atoms with van der Waals surface area (Å²) in [6.07, 6.45) is 3.47. The van der Waals surface area contributed by atoms with E-state index in [0.29, 0.717) is 23.2 Å². The fourth-order valence-electron chi connectivity index (χ4n) is 2.76. The molecule has 0 aliphatic carbocycles. The Morgan fingerprint density at radius 1 is 1.00 bits per heavy atom. The molecule has 6 heteroatoms. The Labute approximate surface area is 162 Å². The smallest absolute Gasteiger partial charge is 0.329 e. The molecule has 3 aromatic rings. The lowest BCUT2D eigenvalue weighted by Crippen LogP contribution is -2.32. The predicted molar refractivity (Wildman–Crippen MR) is 110 cm³/mol. The number of allylic oxidation sites excluding steroid dienone is 1. The molecule has 0 aromatic heterocycles. The zero-order valence-corrected chi connectivity index (χ0v) is 15.1. The van der Waals surface area contributed by atoms with Crippen LogP contribution in [0, 0.1) is 0 Å². The molecule has 3 rings (SSSR count). The van der Waals surface area contributed by atoms with Crippen molar-refractivity contribution < 1.29 is 14.7 Å². The molecule has 0 atom stereocenters. The number of carbonyl (C=O) groups excluding carboxylic acids is 2. The number of para-hydroxylation sites is 1. The van der Waals surface area contributed by atoms with Gasteiger partial charge in [-0.25, -0.2) is 5.43 Å². The average Bonchev–Trinajstić information content (AvgIpc) is 2.71. The van der Waals surface area contributed by atoms with Crippen molar-refractivity contribution in [3.05, 3.63) is 84.4 Å². The van der Waals surface area contributed by atoms with Crippen LogP contribution in [0.4, 0.5) is 5.69 Å². The standard InChI is InChI=1S/C22H19N3O3/c1-2-7-16-10-5-11-17(20(16)26)14-23-25-22(28)21(27)24-19-13-6-9-15-8-3-4-12-18(15)19/h2-6,8-14,26H,1,7H2,(H,24,27)(H,25,28)/b23-14+. The van der Waals surface area contributed by atoms with Crippen molar-refractivity contribution in [2.24, 2.45) is 5.10 Å². The molecular weight excluding hydrogens is 354 g/mol. The van der Waals surface area contributed by atoms with Crippen LogP contribution in [0.3, 0.4) is 0 Å². The van der Waals surface area contributed by atoms with Crippen molar-refractivity contribution in [1.82, 2.24) is 5.43 Å². The van der Waals surface area contributed by atoms with Gasteiger partial charge in [-0.05, 0) is 29.5 Å². The fourth-order valence-corrected chi connectivity index (χ4v) is 2.76. The van der Waals surface area contributed by atoms with Crippen LogP contribution in [0.5, 0.6) is 5.75 Å². The van der Waals surface area contributed by atoms with Gasteiger partial charge >= 0.3 is 11.8 Å². The highest BCUT2D eigenvalue weighted by Gasteiger charge is 2.14. The maximum absolute atomic E-state index is 12.1. The van der Waals surface area contributed by atoms with Crippen molar-refractivity contribution in [1.29, 1.82) is 0 Å². The quantitative estimate of drug-likeness (QED) is 0.277. The summed E-state index contributed by atoms with van der Waals surface area (Å²) in [5.74, 6) is -1.69. The van der Waals surface area contributed by atoms with E-state index in [1.54, 1.807) is 36.4 Å². The first kappa shape index (κ1) is 18.8. The molecule has 0 saturated carbocycles. The van der Waals surface area contributed by atoms with Crippen molar-refractivity contribution in [2.75, 3.05) is 5.32 Å². The maximum atomic E-state index is 12.1. The second kappa shape index (κ2) is 8.64. The van der Waals surface area contributed by atoms with E-state index >= 15 is 0 Å². The molecule has 0 saturated heterocycles. The van der Waals surface area contributed by atoms with Crippen LogP contribution < -0.4 is 10.7 Å². The third kappa shape index (κ3) is 4.24. The molecule has 0 fully saturated rings. The van der Waals surface area contributed by atoms with Gasteiger partial charge in [0.25, 0.3) is 0 Å². The van der Waals surface area contributed by atoms with Crippen molar-refractivity contribution in [3.8, 4) is 5.75 Å². The summed E-state index contributed by atoms with van der Waals surface area (Å²) >= 11 is 0. The number of anilines is 1. The molecule has 140 valence electrons. The highest BCUT2D eigenvalue weighted by atomic mass is 16.3. The first-order chi connectivity index (χ1) is 13.6. The number of fused-ring (bicyclic) bond motifs is 1. The summed E-state index contributed by atoms with van der Waals surface area (Å²) in [4.78, 5) is 24.2. The Kier molecular flexibility index (Phi) is 5.81. The lowest BCUT2D eigenvalue weighted by Gasteiger charge is -2.08. The topological polar surface area (TPSA) is 90.8 Å². The van der Waals surface area contributed by atoms with Gasteiger partial charge in [-0.15, -0.1) is 6.58 Å². The van der Waals surface area contributed by atoms with Crippen LogP contribution in [0.25, 0.3) is 10.8 Å². The van der Waals surface area contributed by atoms with Crippen molar-refractivity contribution >= 4 is 34.5 Å². The Morgan fingerprint density at radius 3 is 2.57 bits per heavy atom. The zero-order chi connectivity index (χ0) is 19.9. The number of hydrogen-bond acceptors (Lipinski definition) is 4. The molecule has 0 aliphatic rings. The van der Waals surface area contributed by atoms with Gasteiger partial charge in [0.05, 0.1) is 6.21 Å². The van der Waals surface area contributed by atoms with E-state index in [1.165, 1.54) is 6.21 Å². The first-order valence-corrected chi connectivity index (χ1v) is 8.64. The second-order valence-corrected chi connectivity index (χ2v) is 6.03. The molecule has 0 radical (unpaired) electrons.